The van der Waals surface area contributed by atoms with Crippen LogP contribution in [0.1, 0.15) is 15.9 Å². The van der Waals surface area contributed by atoms with Crippen molar-refractivity contribution in [2.45, 2.75) is 0 Å². The number of ether oxygens (including phenoxy) is 2. The summed E-state index contributed by atoms with van der Waals surface area (Å²) in [4.78, 5) is 11.8. The average molecular weight is 346 g/mol. The molecule has 0 bridgehead atoms. The lowest BCUT2D eigenvalue weighted by Gasteiger charge is -2.11. The second kappa shape index (κ2) is 7.02. The molecule has 24 heavy (non-hydrogen) atoms. The molecule has 7 nitrogen and oxygen atoms in total. The van der Waals surface area contributed by atoms with Gasteiger partial charge in [-0.3, -0.25) is 4.79 Å². The fourth-order valence-electron chi connectivity index (χ4n) is 1.90. The standard InChI is InChI=1S/C16H14N2O5S/c1-22-14-5-3-4-6-15(14)23-13-8-7-11(9-12(13)10-17)16(19)18-24(2,20)21/h3-9H,1-2H3,(H,18,19). The second-order valence-corrected chi connectivity index (χ2v) is 6.53. The van der Waals surface area contributed by atoms with Crippen molar-refractivity contribution in [3.05, 3.63) is 53.6 Å². The van der Waals surface area contributed by atoms with Crippen molar-refractivity contribution in [1.82, 2.24) is 4.72 Å². The minimum absolute atomic E-state index is 0.0318. The number of hydrogen-bond acceptors (Lipinski definition) is 6. The van der Waals surface area contributed by atoms with E-state index in [9.17, 15) is 18.5 Å². The van der Waals surface area contributed by atoms with Crippen LogP contribution >= 0.6 is 0 Å². The molecule has 0 heterocycles. The van der Waals surface area contributed by atoms with Crippen molar-refractivity contribution >= 4 is 15.9 Å². The fourth-order valence-corrected chi connectivity index (χ4v) is 2.35. The molecule has 2 rings (SSSR count). The first-order chi connectivity index (χ1) is 11.3. The molecule has 1 N–H and O–H groups in total. The molecule has 0 spiro atoms. The number of sulfonamides is 1. The van der Waals surface area contributed by atoms with Crippen LogP contribution in [0.5, 0.6) is 17.2 Å². The van der Waals surface area contributed by atoms with Gasteiger partial charge in [0.15, 0.2) is 11.5 Å². The molecular formula is C16H14N2O5S. The number of methoxy groups -OCH3 is 1. The summed E-state index contributed by atoms with van der Waals surface area (Å²) in [6.07, 6.45) is 0.870. The van der Waals surface area contributed by atoms with Crippen LogP contribution in [0.4, 0.5) is 0 Å². The molecule has 2 aromatic rings. The molecule has 0 aliphatic rings. The monoisotopic (exact) mass is 346 g/mol. The predicted molar refractivity (Wildman–Crippen MR) is 86.5 cm³/mol. The largest absolute Gasteiger partial charge is 0.493 e. The van der Waals surface area contributed by atoms with Gasteiger partial charge in [0, 0.05) is 5.56 Å². The second-order valence-electron chi connectivity index (χ2n) is 4.78. The Labute approximate surface area is 139 Å². The normalized spacial score (nSPS) is 10.5. The number of hydrogen-bond donors (Lipinski definition) is 1. The Morgan fingerprint density at radius 1 is 1.12 bits per heavy atom. The van der Waals surface area contributed by atoms with Gasteiger partial charge in [-0.05, 0) is 30.3 Å². The number of benzene rings is 2. The molecule has 0 unspecified atom stereocenters. The summed E-state index contributed by atoms with van der Waals surface area (Å²) in [6, 6.07) is 12.9. The Hall–Kier alpha value is -3.05. The number of carbonyl (C=O) groups excluding carboxylic acids is 1. The van der Waals surface area contributed by atoms with Crippen LogP contribution < -0.4 is 14.2 Å². The minimum atomic E-state index is -3.69. The molecule has 0 radical (unpaired) electrons. The zero-order valence-corrected chi connectivity index (χ0v) is 13.8. The van der Waals surface area contributed by atoms with Crippen LogP contribution in [0.3, 0.4) is 0 Å². The van der Waals surface area contributed by atoms with Gasteiger partial charge in [0.2, 0.25) is 10.0 Å². The summed E-state index contributed by atoms with van der Waals surface area (Å²) in [7, 11) is -2.20. The highest BCUT2D eigenvalue weighted by Gasteiger charge is 2.15. The summed E-state index contributed by atoms with van der Waals surface area (Å²) < 4.78 is 34.9. The highest BCUT2D eigenvalue weighted by Crippen LogP contribution is 2.32. The summed E-state index contributed by atoms with van der Waals surface area (Å²) in [5, 5.41) is 9.25. The van der Waals surface area contributed by atoms with Crippen LogP contribution in [0, 0.1) is 11.3 Å². The van der Waals surface area contributed by atoms with E-state index >= 15 is 0 Å². The van der Waals surface area contributed by atoms with Gasteiger partial charge in [-0.1, -0.05) is 12.1 Å². The van der Waals surface area contributed by atoms with E-state index in [1.165, 1.54) is 25.3 Å². The molecule has 2 aromatic carbocycles. The van der Waals surface area contributed by atoms with E-state index < -0.39 is 15.9 Å². The Morgan fingerprint density at radius 2 is 1.79 bits per heavy atom. The molecule has 0 atom stereocenters. The van der Waals surface area contributed by atoms with Crippen LogP contribution in [-0.2, 0) is 10.0 Å². The number of carbonyl (C=O) groups is 1. The highest BCUT2D eigenvalue weighted by molar-refractivity contribution is 7.89. The Balaban J connectivity index is 2.33. The fraction of sp³-hybridized carbons (Fsp3) is 0.125. The van der Waals surface area contributed by atoms with Crippen LogP contribution in [-0.4, -0.2) is 27.7 Å². The third-order valence-electron chi connectivity index (χ3n) is 2.93. The topological polar surface area (TPSA) is 105 Å². The van der Waals surface area contributed by atoms with Gasteiger partial charge in [-0.25, -0.2) is 13.1 Å². The van der Waals surface area contributed by atoms with Gasteiger partial charge >= 0.3 is 0 Å². The lowest BCUT2D eigenvalue weighted by Crippen LogP contribution is -2.29. The Bertz CT molecular complexity index is 916. The molecule has 0 aliphatic heterocycles. The Morgan fingerprint density at radius 3 is 2.38 bits per heavy atom. The molecule has 0 saturated carbocycles. The summed E-state index contributed by atoms with van der Waals surface area (Å²) >= 11 is 0. The van der Waals surface area contributed by atoms with E-state index in [4.69, 9.17) is 9.47 Å². The van der Waals surface area contributed by atoms with Crippen molar-refractivity contribution in [2.24, 2.45) is 0 Å². The zero-order chi connectivity index (χ0) is 17.7. The van der Waals surface area contributed by atoms with E-state index in [0.29, 0.717) is 11.5 Å². The van der Waals surface area contributed by atoms with Crippen LogP contribution in [0.2, 0.25) is 0 Å². The van der Waals surface area contributed by atoms with Crippen molar-refractivity contribution in [3.8, 4) is 23.3 Å². The third-order valence-corrected chi connectivity index (χ3v) is 3.49. The van der Waals surface area contributed by atoms with Gasteiger partial charge in [0.05, 0.1) is 18.9 Å². The van der Waals surface area contributed by atoms with E-state index in [2.05, 4.69) is 0 Å². The number of nitriles is 1. The maximum atomic E-state index is 11.8. The molecule has 0 saturated heterocycles. The molecule has 0 aromatic heterocycles. The van der Waals surface area contributed by atoms with E-state index in [-0.39, 0.29) is 16.9 Å². The quantitative estimate of drug-likeness (QED) is 0.888. The van der Waals surface area contributed by atoms with E-state index in [1.807, 2.05) is 10.8 Å². The SMILES string of the molecule is COc1ccccc1Oc1ccc(C(=O)NS(C)(=O)=O)cc1C#N. The van der Waals surface area contributed by atoms with Gasteiger partial charge in [0.25, 0.3) is 5.91 Å². The van der Waals surface area contributed by atoms with Crippen molar-refractivity contribution < 1.29 is 22.7 Å². The first-order valence-corrected chi connectivity index (χ1v) is 8.60. The zero-order valence-electron chi connectivity index (χ0n) is 12.9. The van der Waals surface area contributed by atoms with Crippen LogP contribution in [0.15, 0.2) is 42.5 Å². The van der Waals surface area contributed by atoms with Crippen LogP contribution in [0.25, 0.3) is 0 Å². The molecule has 0 fully saturated rings. The lowest BCUT2D eigenvalue weighted by atomic mass is 10.1. The average Bonchev–Trinajstić information content (AvgIpc) is 2.54. The molecule has 124 valence electrons. The summed E-state index contributed by atoms with van der Waals surface area (Å²) in [6.45, 7) is 0. The first kappa shape index (κ1) is 17.3. The van der Waals surface area contributed by atoms with Gasteiger partial charge < -0.3 is 9.47 Å². The molecule has 1 amide bonds. The Kier molecular flexibility index (Phi) is 5.06. The maximum absolute atomic E-state index is 11.8. The smallest absolute Gasteiger partial charge is 0.264 e. The number of nitrogens with zero attached hydrogens (tertiary/aromatic N) is 1. The number of amides is 1. The van der Waals surface area contributed by atoms with Gasteiger partial charge in [-0.15, -0.1) is 0 Å². The molecule has 8 heteroatoms. The van der Waals surface area contributed by atoms with Gasteiger partial charge in [0.1, 0.15) is 11.8 Å². The number of para-hydroxylation sites is 2. The van der Waals surface area contributed by atoms with E-state index in [1.54, 1.807) is 24.3 Å². The minimum Gasteiger partial charge on any atom is -0.493 e. The predicted octanol–water partition coefficient (Wildman–Crippen LogP) is 2.05. The first-order valence-electron chi connectivity index (χ1n) is 6.71. The van der Waals surface area contributed by atoms with Crippen molar-refractivity contribution in [2.75, 3.05) is 13.4 Å². The van der Waals surface area contributed by atoms with Crippen molar-refractivity contribution in [1.29, 1.82) is 5.26 Å². The lowest BCUT2D eigenvalue weighted by molar-refractivity contribution is 0.0981. The number of rotatable bonds is 5. The number of nitrogens with one attached hydrogen (secondary N) is 1. The van der Waals surface area contributed by atoms with Gasteiger partial charge in [-0.2, -0.15) is 5.26 Å². The summed E-state index contributed by atoms with van der Waals surface area (Å²) in [5.74, 6) is 0.292. The van der Waals surface area contributed by atoms with E-state index in [0.717, 1.165) is 6.26 Å². The van der Waals surface area contributed by atoms with Crippen molar-refractivity contribution in [3.63, 3.8) is 0 Å². The third kappa shape index (κ3) is 4.24. The molecule has 0 aliphatic carbocycles. The maximum Gasteiger partial charge on any atom is 0.264 e. The molecular weight excluding hydrogens is 332 g/mol. The highest BCUT2D eigenvalue weighted by atomic mass is 32.2. The summed E-state index contributed by atoms with van der Waals surface area (Å²) in [5.41, 5.74) is 0.117.